The molecule has 2 rings (SSSR count). The van der Waals surface area contributed by atoms with E-state index in [0.717, 1.165) is 22.6 Å². The molecule has 0 fully saturated rings. The van der Waals surface area contributed by atoms with Crippen LogP contribution in [0.5, 0.6) is 0 Å². The second-order valence-corrected chi connectivity index (χ2v) is 6.06. The lowest BCUT2D eigenvalue weighted by Gasteiger charge is -2.22. The summed E-state index contributed by atoms with van der Waals surface area (Å²) in [5.74, 6) is -0.0480. The van der Waals surface area contributed by atoms with Gasteiger partial charge in [0.05, 0.1) is 12.1 Å². The van der Waals surface area contributed by atoms with Crippen molar-refractivity contribution in [2.24, 2.45) is 0 Å². The van der Waals surface area contributed by atoms with Crippen molar-refractivity contribution in [2.45, 2.75) is 39.5 Å². The molecule has 1 aromatic heterocycles. The Morgan fingerprint density at radius 2 is 2.00 bits per heavy atom. The summed E-state index contributed by atoms with van der Waals surface area (Å²) in [5, 5.41) is 9.91. The number of H-pyrrole nitrogens is 1. The number of carbonyl (C=O) groups is 1. The zero-order chi connectivity index (χ0) is 14.8. The van der Waals surface area contributed by atoms with E-state index < -0.39 is 0 Å². The van der Waals surface area contributed by atoms with Crippen LogP contribution < -0.4 is 5.32 Å². The summed E-state index contributed by atoms with van der Waals surface area (Å²) >= 11 is 0. The number of nitrogens with zero attached hydrogens (tertiary/aromatic N) is 1. The predicted molar refractivity (Wildman–Crippen MR) is 80.8 cm³/mol. The van der Waals surface area contributed by atoms with E-state index in [9.17, 15) is 4.79 Å². The lowest BCUT2D eigenvalue weighted by molar-refractivity contribution is -0.115. The molecule has 106 valence electrons. The van der Waals surface area contributed by atoms with Crippen LogP contribution in [0, 0.1) is 6.92 Å². The highest BCUT2D eigenvalue weighted by molar-refractivity contribution is 5.93. The van der Waals surface area contributed by atoms with Gasteiger partial charge in [0.2, 0.25) is 5.91 Å². The summed E-state index contributed by atoms with van der Waals surface area (Å²) in [6.45, 7) is 8.32. The highest BCUT2D eigenvalue weighted by Crippen LogP contribution is 2.29. The van der Waals surface area contributed by atoms with Gasteiger partial charge in [0.15, 0.2) is 0 Å². The van der Waals surface area contributed by atoms with Gasteiger partial charge < -0.3 is 5.32 Å². The minimum atomic E-state index is -0.0480. The third-order valence-corrected chi connectivity index (χ3v) is 3.11. The van der Waals surface area contributed by atoms with Crippen LogP contribution in [0.15, 0.2) is 30.3 Å². The number of aromatic amines is 1. The van der Waals surface area contributed by atoms with Gasteiger partial charge in [-0.2, -0.15) is 5.10 Å². The second-order valence-electron chi connectivity index (χ2n) is 6.06. The van der Waals surface area contributed by atoms with E-state index in [2.05, 4.69) is 36.3 Å². The Morgan fingerprint density at radius 3 is 2.60 bits per heavy atom. The van der Waals surface area contributed by atoms with Crippen LogP contribution in [-0.2, 0) is 16.6 Å². The largest absolute Gasteiger partial charge is 0.325 e. The number of para-hydroxylation sites is 1. The average molecular weight is 271 g/mol. The molecule has 0 aliphatic heterocycles. The van der Waals surface area contributed by atoms with Crippen LogP contribution in [0.1, 0.15) is 37.7 Å². The molecule has 4 nitrogen and oxygen atoms in total. The molecule has 0 aliphatic carbocycles. The normalized spacial score (nSPS) is 11.4. The molecule has 1 amide bonds. The van der Waals surface area contributed by atoms with E-state index in [1.807, 2.05) is 37.3 Å². The molecular formula is C16H21N3O. The summed E-state index contributed by atoms with van der Waals surface area (Å²) < 4.78 is 0. The van der Waals surface area contributed by atoms with Crippen LogP contribution in [0.2, 0.25) is 0 Å². The van der Waals surface area contributed by atoms with Crippen LogP contribution in [-0.4, -0.2) is 16.1 Å². The number of nitrogens with one attached hydrogen (secondary N) is 2. The first-order chi connectivity index (χ1) is 9.36. The Hall–Kier alpha value is -2.10. The Labute approximate surface area is 119 Å². The Morgan fingerprint density at radius 1 is 1.30 bits per heavy atom. The molecule has 2 aromatic rings. The lowest BCUT2D eigenvalue weighted by Crippen LogP contribution is -2.20. The SMILES string of the molecule is Cc1cc(CC(=O)Nc2ccccc2C(C)(C)C)n[nH]1. The van der Waals surface area contributed by atoms with Gasteiger partial charge in [0, 0.05) is 11.4 Å². The number of aryl methyl sites for hydroxylation is 1. The summed E-state index contributed by atoms with van der Waals surface area (Å²) in [7, 11) is 0. The maximum Gasteiger partial charge on any atom is 0.230 e. The van der Waals surface area contributed by atoms with Gasteiger partial charge in [-0.1, -0.05) is 39.0 Å². The van der Waals surface area contributed by atoms with Crippen LogP contribution in [0.3, 0.4) is 0 Å². The summed E-state index contributed by atoms with van der Waals surface area (Å²) in [5.41, 5.74) is 3.72. The predicted octanol–water partition coefficient (Wildman–Crippen LogP) is 3.20. The van der Waals surface area contributed by atoms with E-state index in [4.69, 9.17) is 0 Å². The average Bonchev–Trinajstić information content (AvgIpc) is 2.73. The molecule has 0 spiro atoms. The van der Waals surface area contributed by atoms with E-state index >= 15 is 0 Å². The van der Waals surface area contributed by atoms with Crippen molar-refractivity contribution in [3.8, 4) is 0 Å². The lowest BCUT2D eigenvalue weighted by atomic mass is 9.86. The highest BCUT2D eigenvalue weighted by Gasteiger charge is 2.18. The van der Waals surface area contributed by atoms with Crippen molar-refractivity contribution in [3.05, 3.63) is 47.3 Å². The molecule has 0 aliphatic rings. The Bertz CT molecular complexity index is 608. The van der Waals surface area contributed by atoms with Gasteiger partial charge in [-0.05, 0) is 30.0 Å². The van der Waals surface area contributed by atoms with E-state index in [-0.39, 0.29) is 17.7 Å². The fourth-order valence-electron chi connectivity index (χ4n) is 2.17. The number of amides is 1. The molecule has 4 heteroatoms. The van der Waals surface area contributed by atoms with Gasteiger partial charge in [0.25, 0.3) is 0 Å². The molecule has 0 unspecified atom stereocenters. The molecular weight excluding hydrogens is 250 g/mol. The minimum absolute atomic E-state index is 0.00715. The zero-order valence-corrected chi connectivity index (χ0v) is 12.4. The highest BCUT2D eigenvalue weighted by atomic mass is 16.1. The van der Waals surface area contributed by atoms with Crippen molar-refractivity contribution in [3.63, 3.8) is 0 Å². The molecule has 0 radical (unpaired) electrons. The second kappa shape index (κ2) is 5.49. The quantitative estimate of drug-likeness (QED) is 0.900. The number of benzene rings is 1. The van der Waals surface area contributed by atoms with Gasteiger partial charge in [-0.15, -0.1) is 0 Å². The first-order valence-corrected chi connectivity index (χ1v) is 6.76. The molecule has 0 saturated heterocycles. The molecule has 20 heavy (non-hydrogen) atoms. The topological polar surface area (TPSA) is 57.8 Å². The van der Waals surface area contributed by atoms with Crippen molar-refractivity contribution < 1.29 is 4.79 Å². The van der Waals surface area contributed by atoms with E-state index in [0.29, 0.717) is 0 Å². The van der Waals surface area contributed by atoms with Crippen LogP contribution in [0.25, 0.3) is 0 Å². The van der Waals surface area contributed by atoms with Gasteiger partial charge >= 0.3 is 0 Å². The molecule has 0 saturated carbocycles. The number of hydrogen-bond donors (Lipinski definition) is 2. The van der Waals surface area contributed by atoms with Crippen LogP contribution in [0.4, 0.5) is 5.69 Å². The van der Waals surface area contributed by atoms with Gasteiger partial charge in [-0.25, -0.2) is 0 Å². The maximum absolute atomic E-state index is 12.1. The Balaban J connectivity index is 2.12. The number of carbonyl (C=O) groups excluding carboxylic acids is 1. The summed E-state index contributed by atoms with van der Waals surface area (Å²) in [6.07, 6.45) is 0.281. The van der Waals surface area contributed by atoms with Crippen molar-refractivity contribution in [2.75, 3.05) is 5.32 Å². The minimum Gasteiger partial charge on any atom is -0.325 e. The molecule has 2 N–H and O–H groups in total. The smallest absolute Gasteiger partial charge is 0.230 e. The molecule has 0 bridgehead atoms. The number of rotatable bonds is 3. The third kappa shape index (κ3) is 3.47. The van der Waals surface area contributed by atoms with E-state index in [1.54, 1.807) is 0 Å². The van der Waals surface area contributed by atoms with E-state index in [1.165, 1.54) is 0 Å². The summed E-state index contributed by atoms with van der Waals surface area (Å²) in [4.78, 5) is 12.1. The van der Waals surface area contributed by atoms with Crippen LogP contribution >= 0.6 is 0 Å². The Kier molecular flexibility index (Phi) is 3.93. The fraction of sp³-hybridized carbons (Fsp3) is 0.375. The maximum atomic E-state index is 12.1. The van der Waals surface area contributed by atoms with Gasteiger partial charge in [-0.3, -0.25) is 9.89 Å². The number of hydrogen-bond acceptors (Lipinski definition) is 2. The number of aromatic nitrogens is 2. The molecule has 1 heterocycles. The summed E-state index contributed by atoms with van der Waals surface area (Å²) in [6, 6.07) is 9.80. The van der Waals surface area contributed by atoms with Crippen molar-refractivity contribution in [1.29, 1.82) is 0 Å². The molecule has 1 aromatic carbocycles. The zero-order valence-electron chi connectivity index (χ0n) is 12.4. The monoisotopic (exact) mass is 271 g/mol. The third-order valence-electron chi connectivity index (χ3n) is 3.11. The first-order valence-electron chi connectivity index (χ1n) is 6.76. The number of anilines is 1. The molecule has 0 atom stereocenters. The standard InChI is InChI=1S/C16H21N3O/c1-11-9-12(19-18-11)10-15(20)17-14-8-6-5-7-13(14)16(2,3)4/h5-9H,10H2,1-4H3,(H,17,20)(H,18,19). The fourth-order valence-corrected chi connectivity index (χ4v) is 2.17. The first kappa shape index (κ1) is 14.3. The van der Waals surface area contributed by atoms with Gasteiger partial charge in [0.1, 0.15) is 0 Å². The van der Waals surface area contributed by atoms with Crippen molar-refractivity contribution in [1.82, 2.24) is 10.2 Å². The van der Waals surface area contributed by atoms with Crippen molar-refractivity contribution >= 4 is 11.6 Å².